The van der Waals surface area contributed by atoms with Crippen molar-refractivity contribution in [2.24, 2.45) is 0 Å². The molecular weight excluding hydrogens is 192 g/mol. The molecule has 0 amide bonds. The molecule has 0 spiro atoms. The summed E-state index contributed by atoms with van der Waals surface area (Å²) in [5.41, 5.74) is 0. The second-order valence-corrected chi connectivity index (χ2v) is 4.28. The fourth-order valence-electron chi connectivity index (χ4n) is 0.967. The van der Waals surface area contributed by atoms with Gasteiger partial charge in [0.05, 0.1) is 7.11 Å². The van der Waals surface area contributed by atoms with Crippen LogP contribution in [0.3, 0.4) is 0 Å². The Balaban J connectivity index is 2.51. The first-order valence-electron chi connectivity index (χ1n) is 3.36. The molecule has 0 fully saturated rings. The van der Waals surface area contributed by atoms with Gasteiger partial charge < -0.3 is 4.74 Å². The van der Waals surface area contributed by atoms with Crippen LogP contribution in [0, 0.1) is 0 Å². The van der Waals surface area contributed by atoms with E-state index in [1.165, 1.54) is 18.4 Å². The Morgan fingerprint density at radius 3 is 3.00 bits per heavy atom. The van der Waals surface area contributed by atoms with Crippen molar-refractivity contribution >= 4 is 38.0 Å². The van der Waals surface area contributed by atoms with Gasteiger partial charge in [0.15, 0.2) is 0 Å². The molecular formula is C8H6O2S2. The molecule has 12 heavy (non-hydrogen) atoms. The number of fused-ring (bicyclic) bond motifs is 1. The Labute approximate surface area is 77.4 Å². The maximum absolute atomic E-state index is 11.1. The summed E-state index contributed by atoms with van der Waals surface area (Å²) in [6.07, 6.45) is 0. The first-order valence-corrected chi connectivity index (χ1v) is 5.06. The summed E-state index contributed by atoms with van der Waals surface area (Å²) in [5.74, 6) is -0.247. The van der Waals surface area contributed by atoms with Crippen molar-refractivity contribution in [1.82, 2.24) is 0 Å². The van der Waals surface area contributed by atoms with Crippen LogP contribution in [0.2, 0.25) is 0 Å². The van der Waals surface area contributed by atoms with Crippen LogP contribution in [-0.2, 0) is 4.74 Å². The topological polar surface area (TPSA) is 26.3 Å². The zero-order valence-electron chi connectivity index (χ0n) is 6.37. The van der Waals surface area contributed by atoms with Gasteiger partial charge in [0, 0.05) is 9.40 Å². The molecule has 0 aliphatic rings. The van der Waals surface area contributed by atoms with Gasteiger partial charge in [-0.05, 0) is 17.5 Å². The first-order chi connectivity index (χ1) is 5.81. The van der Waals surface area contributed by atoms with Gasteiger partial charge >= 0.3 is 5.97 Å². The standard InChI is InChI=1S/C8H6O2S2/c1-10-8(9)7-4-6-5(12-7)2-3-11-6/h2-4H,1H3. The predicted octanol–water partition coefficient (Wildman–Crippen LogP) is 2.75. The third-order valence-corrected chi connectivity index (χ3v) is 3.60. The summed E-state index contributed by atoms with van der Waals surface area (Å²) in [7, 11) is 1.40. The lowest BCUT2D eigenvalue weighted by atomic mass is 10.4. The van der Waals surface area contributed by atoms with Gasteiger partial charge in [0.25, 0.3) is 0 Å². The summed E-state index contributed by atoms with van der Waals surface area (Å²) >= 11 is 3.11. The molecule has 0 saturated carbocycles. The number of thiophene rings is 2. The fourth-order valence-corrected chi connectivity index (χ4v) is 2.99. The van der Waals surface area contributed by atoms with E-state index in [1.807, 2.05) is 17.5 Å². The van der Waals surface area contributed by atoms with Crippen LogP contribution in [0.25, 0.3) is 9.40 Å². The van der Waals surface area contributed by atoms with E-state index in [0.29, 0.717) is 4.88 Å². The maximum Gasteiger partial charge on any atom is 0.348 e. The molecule has 0 atom stereocenters. The van der Waals surface area contributed by atoms with Crippen LogP contribution in [0.1, 0.15) is 9.67 Å². The minimum Gasteiger partial charge on any atom is -0.465 e. The molecule has 62 valence electrons. The normalized spacial score (nSPS) is 10.4. The number of hydrogen-bond donors (Lipinski definition) is 0. The molecule has 2 rings (SSSR count). The van der Waals surface area contributed by atoms with Crippen molar-refractivity contribution < 1.29 is 9.53 Å². The molecule has 2 nitrogen and oxygen atoms in total. The minimum absolute atomic E-state index is 0.247. The number of methoxy groups -OCH3 is 1. The van der Waals surface area contributed by atoms with Gasteiger partial charge in [-0.1, -0.05) is 0 Å². The molecule has 0 bridgehead atoms. The van der Waals surface area contributed by atoms with E-state index in [0.717, 1.165) is 9.40 Å². The highest BCUT2D eigenvalue weighted by atomic mass is 32.1. The van der Waals surface area contributed by atoms with E-state index in [1.54, 1.807) is 11.3 Å². The number of rotatable bonds is 1. The predicted molar refractivity (Wildman–Crippen MR) is 51.0 cm³/mol. The lowest BCUT2D eigenvalue weighted by molar-refractivity contribution is 0.0606. The number of carbonyl (C=O) groups excluding carboxylic acids is 1. The van der Waals surface area contributed by atoms with E-state index in [4.69, 9.17) is 0 Å². The molecule has 0 aliphatic carbocycles. The van der Waals surface area contributed by atoms with Gasteiger partial charge in [-0.15, -0.1) is 22.7 Å². The Bertz CT molecular complexity index is 385. The van der Waals surface area contributed by atoms with Crippen LogP contribution in [0.5, 0.6) is 0 Å². The smallest absolute Gasteiger partial charge is 0.348 e. The molecule has 0 radical (unpaired) electrons. The van der Waals surface area contributed by atoms with Crippen LogP contribution in [0.15, 0.2) is 17.5 Å². The van der Waals surface area contributed by atoms with Gasteiger partial charge in [0.1, 0.15) is 4.88 Å². The van der Waals surface area contributed by atoms with E-state index in [2.05, 4.69) is 4.74 Å². The zero-order chi connectivity index (χ0) is 8.55. The van der Waals surface area contributed by atoms with Crippen molar-refractivity contribution in [1.29, 1.82) is 0 Å². The molecule has 0 aromatic carbocycles. The summed E-state index contributed by atoms with van der Waals surface area (Å²) in [5, 5.41) is 2.02. The van der Waals surface area contributed by atoms with Crippen molar-refractivity contribution in [2.45, 2.75) is 0 Å². The number of hydrogen-bond acceptors (Lipinski definition) is 4. The summed E-state index contributed by atoms with van der Waals surface area (Å²) in [6.45, 7) is 0. The second-order valence-electron chi connectivity index (χ2n) is 2.25. The van der Waals surface area contributed by atoms with Gasteiger partial charge in [-0.3, -0.25) is 0 Å². The third-order valence-electron chi connectivity index (χ3n) is 1.53. The largest absolute Gasteiger partial charge is 0.465 e. The average molecular weight is 198 g/mol. The fraction of sp³-hybridized carbons (Fsp3) is 0.125. The highest BCUT2D eigenvalue weighted by Gasteiger charge is 2.09. The molecule has 2 heterocycles. The minimum atomic E-state index is -0.247. The van der Waals surface area contributed by atoms with Crippen molar-refractivity contribution in [3.63, 3.8) is 0 Å². The number of ether oxygens (including phenoxy) is 1. The first kappa shape index (κ1) is 7.76. The maximum atomic E-state index is 11.1. The third kappa shape index (κ3) is 1.13. The number of carbonyl (C=O) groups is 1. The average Bonchev–Trinajstić information content (AvgIpc) is 2.60. The van der Waals surface area contributed by atoms with Crippen molar-refractivity contribution in [3.8, 4) is 0 Å². The SMILES string of the molecule is COC(=O)c1cc2sccc2s1. The van der Waals surface area contributed by atoms with Gasteiger partial charge in [-0.25, -0.2) is 4.79 Å². The zero-order valence-corrected chi connectivity index (χ0v) is 8.00. The molecule has 0 N–H and O–H groups in total. The van der Waals surface area contributed by atoms with Crippen LogP contribution < -0.4 is 0 Å². The lowest BCUT2D eigenvalue weighted by Gasteiger charge is -1.90. The van der Waals surface area contributed by atoms with Crippen LogP contribution in [0.4, 0.5) is 0 Å². The van der Waals surface area contributed by atoms with E-state index in [-0.39, 0.29) is 5.97 Å². The van der Waals surface area contributed by atoms with Crippen LogP contribution >= 0.6 is 22.7 Å². The van der Waals surface area contributed by atoms with E-state index in [9.17, 15) is 4.79 Å². The molecule has 0 saturated heterocycles. The molecule has 0 aliphatic heterocycles. The quantitative estimate of drug-likeness (QED) is 0.658. The molecule has 2 aromatic heterocycles. The second kappa shape index (κ2) is 2.88. The molecule has 0 unspecified atom stereocenters. The highest BCUT2D eigenvalue weighted by molar-refractivity contribution is 7.27. The number of esters is 1. The van der Waals surface area contributed by atoms with E-state index >= 15 is 0 Å². The van der Waals surface area contributed by atoms with E-state index < -0.39 is 0 Å². The van der Waals surface area contributed by atoms with Gasteiger partial charge in [-0.2, -0.15) is 0 Å². The Morgan fingerprint density at radius 2 is 2.33 bits per heavy atom. The molecule has 4 heteroatoms. The summed E-state index contributed by atoms with van der Waals surface area (Å²) < 4.78 is 6.92. The lowest BCUT2D eigenvalue weighted by Crippen LogP contribution is -1.96. The highest BCUT2D eigenvalue weighted by Crippen LogP contribution is 2.30. The molecule has 2 aromatic rings. The Kier molecular flexibility index (Phi) is 1.86. The summed E-state index contributed by atoms with van der Waals surface area (Å²) in [6, 6.07) is 3.88. The Hall–Kier alpha value is -0.870. The van der Waals surface area contributed by atoms with Crippen molar-refractivity contribution in [2.75, 3.05) is 7.11 Å². The Morgan fingerprint density at radius 1 is 1.50 bits per heavy atom. The van der Waals surface area contributed by atoms with Crippen LogP contribution in [-0.4, -0.2) is 13.1 Å². The summed E-state index contributed by atoms with van der Waals surface area (Å²) in [4.78, 5) is 11.8. The van der Waals surface area contributed by atoms with Gasteiger partial charge in [0.2, 0.25) is 0 Å². The van der Waals surface area contributed by atoms with Crippen molar-refractivity contribution in [3.05, 3.63) is 22.4 Å². The monoisotopic (exact) mass is 198 g/mol.